The number of fused-ring (bicyclic) bond motifs is 1. The highest BCUT2D eigenvalue weighted by atomic mass is 35.5. The molecular weight excluding hydrogens is 348 g/mol. The number of hydrogen-bond acceptors (Lipinski definition) is 4. The highest BCUT2D eigenvalue weighted by molar-refractivity contribution is 6.30. The molecule has 26 heavy (non-hydrogen) atoms. The first kappa shape index (κ1) is 17.3. The van der Waals surface area contributed by atoms with Gasteiger partial charge >= 0.3 is 0 Å². The highest BCUT2D eigenvalue weighted by Gasteiger charge is 2.23. The highest BCUT2D eigenvalue weighted by Crippen LogP contribution is 2.24. The number of nitrogens with one attached hydrogen (secondary N) is 1. The van der Waals surface area contributed by atoms with Crippen LogP contribution in [0.4, 0.5) is 5.82 Å². The van der Waals surface area contributed by atoms with E-state index in [4.69, 9.17) is 11.6 Å². The first-order valence-electron chi connectivity index (χ1n) is 9.36. The van der Waals surface area contributed by atoms with Crippen LogP contribution in [0.1, 0.15) is 47.3 Å². The second kappa shape index (κ2) is 7.62. The average Bonchev–Trinajstić information content (AvgIpc) is 2.68. The number of aryl methyl sites for hydroxylation is 2. The Morgan fingerprint density at radius 2 is 1.92 bits per heavy atom. The summed E-state index contributed by atoms with van der Waals surface area (Å²) in [5.41, 5.74) is 3.14. The lowest BCUT2D eigenvalue weighted by molar-refractivity contribution is 0.0931. The lowest BCUT2D eigenvalue weighted by Gasteiger charge is -2.33. The second-order valence-corrected chi connectivity index (χ2v) is 7.56. The minimum atomic E-state index is -0.0560. The fourth-order valence-corrected chi connectivity index (χ4v) is 3.97. The van der Waals surface area contributed by atoms with Crippen molar-refractivity contribution in [2.45, 2.75) is 44.6 Å². The van der Waals surface area contributed by atoms with E-state index < -0.39 is 0 Å². The Morgan fingerprint density at radius 3 is 2.73 bits per heavy atom. The van der Waals surface area contributed by atoms with Gasteiger partial charge in [0.15, 0.2) is 5.82 Å². The minimum Gasteiger partial charge on any atom is -0.355 e. The molecule has 1 fully saturated rings. The molecule has 0 unspecified atom stereocenters. The first-order valence-corrected chi connectivity index (χ1v) is 9.74. The van der Waals surface area contributed by atoms with Crippen LogP contribution in [0.15, 0.2) is 30.3 Å². The van der Waals surface area contributed by atoms with Gasteiger partial charge in [-0.3, -0.25) is 4.79 Å². The van der Waals surface area contributed by atoms with Gasteiger partial charge in [-0.25, -0.2) is 0 Å². The number of anilines is 1. The van der Waals surface area contributed by atoms with Gasteiger partial charge in [-0.2, -0.15) is 5.10 Å². The number of amides is 1. The number of piperidine rings is 1. The van der Waals surface area contributed by atoms with E-state index in [1.54, 1.807) is 24.3 Å². The largest absolute Gasteiger partial charge is 0.355 e. The van der Waals surface area contributed by atoms with Gasteiger partial charge in [0.25, 0.3) is 5.91 Å². The van der Waals surface area contributed by atoms with Gasteiger partial charge < -0.3 is 10.2 Å². The van der Waals surface area contributed by atoms with Gasteiger partial charge in [-0.1, -0.05) is 17.7 Å². The molecule has 0 saturated carbocycles. The number of carbonyl (C=O) groups is 1. The molecule has 0 bridgehead atoms. The third-order valence-corrected chi connectivity index (χ3v) is 5.53. The van der Waals surface area contributed by atoms with Crippen molar-refractivity contribution in [3.8, 4) is 0 Å². The molecule has 2 heterocycles. The molecule has 1 saturated heterocycles. The van der Waals surface area contributed by atoms with Crippen LogP contribution < -0.4 is 10.2 Å². The monoisotopic (exact) mass is 370 g/mol. The van der Waals surface area contributed by atoms with Gasteiger partial charge in [0.05, 0.1) is 5.69 Å². The number of halogens is 1. The smallest absolute Gasteiger partial charge is 0.251 e. The maximum absolute atomic E-state index is 12.4. The average molecular weight is 371 g/mol. The van der Waals surface area contributed by atoms with Gasteiger partial charge in [0, 0.05) is 29.7 Å². The third kappa shape index (κ3) is 3.83. The van der Waals surface area contributed by atoms with E-state index in [0.717, 1.165) is 44.6 Å². The molecule has 0 atom stereocenters. The van der Waals surface area contributed by atoms with E-state index in [2.05, 4.69) is 26.5 Å². The van der Waals surface area contributed by atoms with Gasteiger partial charge in [-0.05, 0) is 68.4 Å². The van der Waals surface area contributed by atoms with Crippen LogP contribution in [-0.2, 0) is 12.8 Å². The van der Waals surface area contributed by atoms with Crippen molar-refractivity contribution in [3.63, 3.8) is 0 Å². The zero-order valence-corrected chi connectivity index (χ0v) is 15.5. The van der Waals surface area contributed by atoms with Crippen molar-refractivity contribution in [2.24, 2.45) is 0 Å². The summed E-state index contributed by atoms with van der Waals surface area (Å²) in [6.45, 7) is 1.77. The molecule has 1 aromatic carbocycles. The maximum atomic E-state index is 12.4. The number of aromatic nitrogens is 2. The molecule has 5 nitrogen and oxygen atoms in total. The van der Waals surface area contributed by atoms with E-state index in [1.807, 2.05) is 0 Å². The summed E-state index contributed by atoms with van der Waals surface area (Å²) in [7, 11) is 0. The van der Waals surface area contributed by atoms with E-state index >= 15 is 0 Å². The molecular formula is C20H23ClN4O. The predicted octanol–water partition coefficient (Wildman–Crippen LogP) is 3.41. The Bertz CT molecular complexity index is 802. The third-order valence-electron chi connectivity index (χ3n) is 5.30. The van der Waals surface area contributed by atoms with Crippen molar-refractivity contribution in [2.75, 3.05) is 18.0 Å². The van der Waals surface area contributed by atoms with E-state index in [1.165, 1.54) is 24.1 Å². The second-order valence-electron chi connectivity index (χ2n) is 7.13. The first-order chi connectivity index (χ1) is 12.7. The van der Waals surface area contributed by atoms with E-state index in [-0.39, 0.29) is 11.9 Å². The van der Waals surface area contributed by atoms with Crippen molar-refractivity contribution < 1.29 is 4.79 Å². The van der Waals surface area contributed by atoms with Crippen LogP contribution >= 0.6 is 11.6 Å². The molecule has 136 valence electrons. The topological polar surface area (TPSA) is 58.1 Å². The molecule has 1 aliphatic carbocycles. The molecule has 2 aliphatic rings. The van der Waals surface area contributed by atoms with Gasteiger partial charge in [0.2, 0.25) is 0 Å². The number of benzene rings is 1. The lowest BCUT2D eigenvalue weighted by atomic mass is 9.96. The Kier molecular flexibility index (Phi) is 5.07. The Labute approximate surface area is 158 Å². The number of hydrogen-bond donors (Lipinski definition) is 1. The summed E-state index contributed by atoms with van der Waals surface area (Å²) in [6, 6.07) is 9.47. The summed E-state index contributed by atoms with van der Waals surface area (Å²) < 4.78 is 0. The molecule has 1 amide bonds. The summed E-state index contributed by atoms with van der Waals surface area (Å²) in [6.07, 6.45) is 6.45. The Balaban J connectivity index is 1.35. The fourth-order valence-electron chi connectivity index (χ4n) is 3.78. The van der Waals surface area contributed by atoms with Gasteiger partial charge in [-0.15, -0.1) is 5.10 Å². The van der Waals surface area contributed by atoms with Crippen LogP contribution in [0, 0.1) is 0 Å². The summed E-state index contributed by atoms with van der Waals surface area (Å²) in [4.78, 5) is 14.7. The summed E-state index contributed by atoms with van der Waals surface area (Å²) in [5, 5.41) is 12.6. The summed E-state index contributed by atoms with van der Waals surface area (Å²) in [5.74, 6) is 0.921. The van der Waals surface area contributed by atoms with Gasteiger partial charge in [0.1, 0.15) is 0 Å². The normalized spacial score (nSPS) is 17.7. The molecule has 4 rings (SSSR count). The van der Waals surface area contributed by atoms with E-state index in [9.17, 15) is 4.79 Å². The Morgan fingerprint density at radius 1 is 1.12 bits per heavy atom. The maximum Gasteiger partial charge on any atom is 0.251 e. The standard InChI is InChI=1S/C20H23ClN4O/c21-16-6-3-5-15(12-16)20(26)22-17-8-10-25(11-9-17)19-13-14-4-1-2-7-18(14)23-24-19/h3,5-6,12-13,17H,1-2,4,7-11H2,(H,22,26). The van der Waals surface area contributed by atoms with Crippen LogP contribution in [-0.4, -0.2) is 35.2 Å². The number of rotatable bonds is 3. The van der Waals surface area contributed by atoms with Crippen molar-refractivity contribution >= 4 is 23.3 Å². The quantitative estimate of drug-likeness (QED) is 0.899. The molecule has 0 spiro atoms. The molecule has 6 heteroatoms. The van der Waals surface area contributed by atoms with Crippen molar-refractivity contribution in [3.05, 3.63) is 52.2 Å². The minimum absolute atomic E-state index is 0.0560. The molecule has 2 aromatic rings. The molecule has 0 radical (unpaired) electrons. The van der Waals surface area contributed by atoms with Crippen LogP contribution in [0.3, 0.4) is 0 Å². The molecule has 1 aliphatic heterocycles. The number of carbonyl (C=O) groups excluding carboxylic acids is 1. The van der Waals surface area contributed by atoms with Crippen LogP contribution in [0.5, 0.6) is 0 Å². The zero-order chi connectivity index (χ0) is 17.9. The van der Waals surface area contributed by atoms with Crippen molar-refractivity contribution in [1.29, 1.82) is 0 Å². The fraction of sp³-hybridized carbons (Fsp3) is 0.450. The predicted molar refractivity (Wildman–Crippen MR) is 103 cm³/mol. The van der Waals surface area contributed by atoms with Crippen LogP contribution in [0.25, 0.3) is 0 Å². The van der Waals surface area contributed by atoms with Crippen molar-refractivity contribution in [1.82, 2.24) is 15.5 Å². The SMILES string of the molecule is O=C(NC1CCN(c2cc3c(nn2)CCCC3)CC1)c1cccc(Cl)c1. The zero-order valence-electron chi connectivity index (χ0n) is 14.7. The van der Waals surface area contributed by atoms with E-state index in [0.29, 0.717) is 10.6 Å². The lowest BCUT2D eigenvalue weighted by Crippen LogP contribution is -2.45. The molecule has 1 N–H and O–H groups in total. The summed E-state index contributed by atoms with van der Waals surface area (Å²) >= 11 is 5.97. The Hall–Kier alpha value is -2.14. The number of nitrogens with zero attached hydrogens (tertiary/aromatic N) is 3. The van der Waals surface area contributed by atoms with Crippen LogP contribution in [0.2, 0.25) is 5.02 Å². The molecule has 1 aromatic heterocycles.